The lowest BCUT2D eigenvalue weighted by atomic mass is 10.00. The van der Waals surface area contributed by atoms with Gasteiger partial charge in [0.25, 0.3) is 0 Å². The maximum Gasteiger partial charge on any atom is 0.333 e. The molecule has 1 unspecified atom stereocenters. The molecule has 1 aromatic carbocycles. The molecule has 3 rings (SSSR count). The van der Waals surface area contributed by atoms with Crippen LogP contribution in [0.1, 0.15) is 13.3 Å². The molecule has 0 N–H and O–H groups in total. The lowest BCUT2D eigenvalue weighted by molar-refractivity contribution is -0.385. The maximum absolute atomic E-state index is 11.5. The SMILES string of the molecule is CCOc1cccc(N2CCOC3(CCOC3)C2)c1[N+](=O)[O-]. The summed E-state index contributed by atoms with van der Waals surface area (Å²) >= 11 is 0. The average Bonchev–Trinajstić information content (AvgIpc) is 2.95. The van der Waals surface area contributed by atoms with Crippen molar-refractivity contribution in [2.24, 2.45) is 0 Å². The second-order valence-corrected chi connectivity index (χ2v) is 5.57. The first-order valence-electron chi connectivity index (χ1n) is 7.52. The summed E-state index contributed by atoms with van der Waals surface area (Å²) in [5.74, 6) is 0.313. The minimum Gasteiger partial charge on any atom is -0.487 e. The molecule has 7 nitrogen and oxygen atoms in total. The molecule has 2 fully saturated rings. The maximum atomic E-state index is 11.5. The number of morpholine rings is 1. The molecule has 7 heteroatoms. The summed E-state index contributed by atoms with van der Waals surface area (Å²) in [5.41, 5.74) is 0.277. The van der Waals surface area contributed by atoms with E-state index in [-0.39, 0.29) is 16.2 Å². The topological polar surface area (TPSA) is 74.1 Å². The van der Waals surface area contributed by atoms with Crippen LogP contribution in [0.5, 0.6) is 5.75 Å². The van der Waals surface area contributed by atoms with Gasteiger partial charge < -0.3 is 19.1 Å². The second-order valence-electron chi connectivity index (χ2n) is 5.57. The Labute approximate surface area is 128 Å². The van der Waals surface area contributed by atoms with Gasteiger partial charge >= 0.3 is 5.69 Å². The Morgan fingerprint density at radius 3 is 3.00 bits per heavy atom. The standard InChI is InChI=1S/C15H20N2O5/c1-2-21-13-5-3-4-12(14(13)17(18)19)16-7-9-22-15(10-16)6-8-20-11-15/h3-5H,2,6-11H2,1H3. The Hall–Kier alpha value is -1.86. The van der Waals surface area contributed by atoms with E-state index in [0.29, 0.717) is 51.0 Å². The van der Waals surface area contributed by atoms with Crippen LogP contribution in [-0.4, -0.2) is 50.0 Å². The first kappa shape index (κ1) is 15.1. The molecule has 0 radical (unpaired) electrons. The van der Waals surface area contributed by atoms with Crippen LogP contribution < -0.4 is 9.64 Å². The van der Waals surface area contributed by atoms with E-state index in [1.54, 1.807) is 18.2 Å². The molecule has 1 atom stereocenters. The molecule has 2 heterocycles. The summed E-state index contributed by atoms with van der Waals surface area (Å²) in [7, 11) is 0. The zero-order valence-electron chi connectivity index (χ0n) is 12.6. The molecular weight excluding hydrogens is 288 g/mol. The Bertz CT molecular complexity index is 557. The molecule has 0 bridgehead atoms. The molecule has 0 saturated carbocycles. The van der Waals surface area contributed by atoms with Gasteiger partial charge in [-0.3, -0.25) is 10.1 Å². The van der Waals surface area contributed by atoms with Crippen molar-refractivity contribution in [1.82, 2.24) is 0 Å². The molecule has 1 spiro atoms. The minimum absolute atomic E-state index is 0.0281. The summed E-state index contributed by atoms with van der Waals surface area (Å²) in [6, 6.07) is 5.20. The number of ether oxygens (including phenoxy) is 3. The summed E-state index contributed by atoms with van der Waals surface area (Å²) < 4.78 is 16.8. The number of benzene rings is 1. The minimum atomic E-state index is -0.367. The van der Waals surface area contributed by atoms with Crippen molar-refractivity contribution in [2.45, 2.75) is 18.9 Å². The second kappa shape index (κ2) is 6.10. The predicted octanol–water partition coefficient (Wildman–Crippen LogP) is 1.99. The van der Waals surface area contributed by atoms with Crippen LogP contribution in [0, 0.1) is 10.1 Å². The van der Waals surface area contributed by atoms with Crippen LogP contribution in [0.3, 0.4) is 0 Å². The lowest BCUT2D eigenvalue weighted by Gasteiger charge is -2.40. The van der Waals surface area contributed by atoms with Crippen molar-refractivity contribution in [3.05, 3.63) is 28.3 Å². The zero-order valence-corrected chi connectivity index (χ0v) is 12.6. The van der Waals surface area contributed by atoms with E-state index in [1.807, 2.05) is 11.8 Å². The summed E-state index contributed by atoms with van der Waals surface area (Å²) in [4.78, 5) is 13.2. The van der Waals surface area contributed by atoms with Gasteiger partial charge in [-0.15, -0.1) is 0 Å². The first-order chi connectivity index (χ1) is 10.7. The fourth-order valence-electron chi connectivity index (χ4n) is 3.10. The molecule has 1 aromatic rings. The van der Waals surface area contributed by atoms with Gasteiger partial charge in [0.2, 0.25) is 0 Å². The first-order valence-corrected chi connectivity index (χ1v) is 7.52. The number of nitro groups is 1. The highest BCUT2D eigenvalue weighted by atomic mass is 16.6. The van der Waals surface area contributed by atoms with Crippen molar-refractivity contribution in [3.63, 3.8) is 0 Å². The van der Waals surface area contributed by atoms with Gasteiger partial charge in [-0.2, -0.15) is 0 Å². The number of nitrogens with zero attached hydrogens (tertiary/aromatic N) is 2. The largest absolute Gasteiger partial charge is 0.487 e. The molecule has 2 saturated heterocycles. The highest BCUT2D eigenvalue weighted by Crippen LogP contribution is 2.39. The smallest absolute Gasteiger partial charge is 0.333 e. The Morgan fingerprint density at radius 1 is 1.45 bits per heavy atom. The van der Waals surface area contributed by atoms with Crippen molar-refractivity contribution in [3.8, 4) is 5.75 Å². The van der Waals surface area contributed by atoms with E-state index in [2.05, 4.69) is 0 Å². The number of rotatable bonds is 4. The van der Waals surface area contributed by atoms with E-state index in [0.717, 1.165) is 6.42 Å². The molecule has 0 amide bonds. The number of nitro benzene ring substituents is 1. The highest BCUT2D eigenvalue weighted by molar-refractivity contribution is 5.70. The van der Waals surface area contributed by atoms with Gasteiger partial charge in [-0.25, -0.2) is 0 Å². The number of hydrogen-bond acceptors (Lipinski definition) is 6. The number of para-hydroxylation sites is 1. The Balaban J connectivity index is 1.93. The molecule has 0 aromatic heterocycles. The molecule has 2 aliphatic heterocycles. The van der Waals surface area contributed by atoms with Crippen molar-refractivity contribution >= 4 is 11.4 Å². The van der Waals surface area contributed by atoms with Crippen LogP contribution in [0.15, 0.2) is 18.2 Å². The Kier molecular flexibility index (Phi) is 4.17. The van der Waals surface area contributed by atoms with Gasteiger partial charge in [-0.1, -0.05) is 6.07 Å². The average molecular weight is 308 g/mol. The monoisotopic (exact) mass is 308 g/mol. The van der Waals surface area contributed by atoms with E-state index in [1.165, 1.54) is 0 Å². The molecule has 22 heavy (non-hydrogen) atoms. The van der Waals surface area contributed by atoms with Gasteiger partial charge in [0, 0.05) is 26.1 Å². The molecular formula is C15H20N2O5. The van der Waals surface area contributed by atoms with Crippen molar-refractivity contribution in [1.29, 1.82) is 0 Å². The third-order valence-corrected chi connectivity index (χ3v) is 4.12. The molecule has 120 valence electrons. The fourth-order valence-corrected chi connectivity index (χ4v) is 3.10. The quantitative estimate of drug-likeness (QED) is 0.625. The zero-order chi connectivity index (χ0) is 15.6. The van der Waals surface area contributed by atoms with Crippen molar-refractivity contribution in [2.75, 3.05) is 44.4 Å². The van der Waals surface area contributed by atoms with Crippen LogP contribution >= 0.6 is 0 Å². The molecule has 0 aliphatic carbocycles. The lowest BCUT2D eigenvalue weighted by Crippen LogP contribution is -2.52. The van der Waals surface area contributed by atoms with Gasteiger partial charge in [-0.05, 0) is 19.1 Å². The number of hydrogen-bond donors (Lipinski definition) is 0. The van der Waals surface area contributed by atoms with E-state index >= 15 is 0 Å². The van der Waals surface area contributed by atoms with Crippen LogP contribution in [0.4, 0.5) is 11.4 Å². The van der Waals surface area contributed by atoms with Crippen LogP contribution in [-0.2, 0) is 9.47 Å². The summed E-state index contributed by atoms with van der Waals surface area (Å²) in [6.07, 6.45) is 0.822. The third-order valence-electron chi connectivity index (χ3n) is 4.12. The fraction of sp³-hybridized carbons (Fsp3) is 0.600. The molecule has 2 aliphatic rings. The summed E-state index contributed by atoms with van der Waals surface area (Å²) in [5, 5.41) is 11.5. The normalized spacial score (nSPS) is 24.7. The van der Waals surface area contributed by atoms with Crippen LogP contribution in [0.2, 0.25) is 0 Å². The number of anilines is 1. The summed E-state index contributed by atoms with van der Waals surface area (Å²) in [6.45, 7) is 5.19. The van der Waals surface area contributed by atoms with Crippen LogP contribution in [0.25, 0.3) is 0 Å². The Morgan fingerprint density at radius 2 is 2.32 bits per heavy atom. The van der Waals surface area contributed by atoms with Crippen molar-refractivity contribution < 1.29 is 19.1 Å². The van der Waals surface area contributed by atoms with E-state index in [9.17, 15) is 10.1 Å². The van der Waals surface area contributed by atoms with E-state index in [4.69, 9.17) is 14.2 Å². The van der Waals surface area contributed by atoms with Gasteiger partial charge in [0.1, 0.15) is 11.3 Å². The van der Waals surface area contributed by atoms with E-state index < -0.39 is 0 Å². The third kappa shape index (κ3) is 2.74. The van der Waals surface area contributed by atoms with Gasteiger partial charge in [0.05, 0.1) is 24.7 Å². The predicted molar refractivity (Wildman–Crippen MR) is 80.6 cm³/mol. The highest BCUT2D eigenvalue weighted by Gasteiger charge is 2.42. The van der Waals surface area contributed by atoms with Gasteiger partial charge in [0.15, 0.2) is 5.75 Å².